The molecule has 0 fully saturated rings. The van der Waals surface area contributed by atoms with Crippen molar-refractivity contribution in [3.05, 3.63) is 102 Å². The van der Waals surface area contributed by atoms with Gasteiger partial charge in [0.05, 0.1) is 35.9 Å². The number of nitrogens with one attached hydrogen (secondary N) is 2. The van der Waals surface area contributed by atoms with Crippen LogP contribution in [0.3, 0.4) is 0 Å². The topological polar surface area (TPSA) is 117 Å². The van der Waals surface area contributed by atoms with E-state index in [9.17, 15) is 19.8 Å². The highest BCUT2D eigenvalue weighted by Gasteiger charge is 2.35. The zero-order valence-corrected chi connectivity index (χ0v) is 20.3. The van der Waals surface area contributed by atoms with Gasteiger partial charge in [0.25, 0.3) is 11.8 Å². The number of aromatic amines is 1. The number of hydrogen-bond donors (Lipinski definition) is 4. The predicted molar refractivity (Wildman–Crippen MR) is 144 cm³/mol. The number of rotatable bonds is 8. The lowest BCUT2D eigenvalue weighted by Crippen LogP contribution is -2.22. The van der Waals surface area contributed by atoms with Crippen LogP contribution in [-0.2, 0) is 22.7 Å². The van der Waals surface area contributed by atoms with E-state index in [0.717, 1.165) is 21.9 Å². The van der Waals surface area contributed by atoms with Crippen molar-refractivity contribution in [3.63, 3.8) is 0 Å². The van der Waals surface area contributed by atoms with Gasteiger partial charge in [0.2, 0.25) is 0 Å². The summed E-state index contributed by atoms with van der Waals surface area (Å²) < 4.78 is 7.79. The minimum Gasteiger partial charge on any atom is -0.489 e. The van der Waals surface area contributed by atoms with Gasteiger partial charge in [-0.25, -0.2) is 0 Å². The number of carbonyl (C=O) groups excluding carboxylic acids is 2. The second-order valence-corrected chi connectivity index (χ2v) is 9.27. The third-order valence-corrected chi connectivity index (χ3v) is 6.78. The molecule has 0 saturated heterocycles. The van der Waals surface area contributed by atoms with Crippen molar-refractivity contribution in [2.75, 3.05) is 6.61 Å². The lowest BCUT2D eigenvalue weighted by Gasteiger charge is -2.11. The molecule has 0 spiro atoms. The van der Waals surface area contributed by atoms with Crippen LogP contribution in [0.4, 0.5) is 0 Å². The Morgan fingerprint density at radius 1 is 0.868 bits per heavy atom. The first-order valence-corrected chi connectivity index (χ1v) is 12.3. The fraction of sp³-hybridized carbons (Fsp3) is 0.133. The average Bonchev–Trinajstić information content (AvgIpc) is 3.60. The fourth-order valence-electron chi connectivity index (χ4n) is 4.98. The number of aliphatic hydroxyl groups excluding tert-OH is 2. The van der Waals surface area contributed by atoms with Crippen LogP contribution >= 0.6 is 0 Å². The zero-order chi connectivity index (χ0) is 26.2. The number of hydrogen-bond acceptors (Lipinski definition) is 5. The predicted octanol–water partition coefficient (Wildman–Crippen LogP) is 3.62. The van der Waals surface area contributed by atoms with Crippen molar-refractivity contribution < 1.29 is 24.5 Å². The largest absolute Gasteiger partial charge is 0.489 e. The number of H-pyrrole nitrogens is 1. The van der Waals surface area contributed by atoms with Crippen LogP contribution in [0.25, 0.3) is 33.0 Å². The number of aromatic nitrogens is 2. The molecule has 3 heterocycles. The third kappa shape index (κ3) is 4.15. The highest BCUT2D eigenvalue weighted by molar-refractivity contribution is 6.50. The van der Waals surface area contributed by atoms with E-state index in [-0.39, 0.29) is 12.1 Å². The van der Waals surface area contributed by atoms with Crippen LogP contribution in [0.1, 0.15) is 16.7 Å². The molecule has 8 heteroatoms. The molecule has 190 valence electrons. The highest BCUT2D eigenvalue weighted by Crippen LogP contribution is 2.39. The minimum atomic E-state index is -1.01. The van der Waals surface area contributed by atoms with Gasteiger partial charge >= 0.3 is 0 Å². The van der Waals surface area contributed by atoms with Crippen molar-refractivity contribution in [1.82, 2.24) is 14.9 Å². The van der Waals surface area contributed by atoms with E-state index in [1.807, 2.05) is 72.8 Å². The first-order chi connectivity index (χ1) is 18.5. The van der Waals surface area contributed by atoms with E-state index in [1.165, 1.54) is 0 Å². The Kier molecular flexibility index (Phi) is 6.03. The SMILES string of the molecule is O=C1NC(=O)C(c2cn(CC(O)CO)c3cc(OCc4ccccc4)ccc23)=C1c1c[nH]c2ccccc12. The van der Waals surface area contributed by atoms with E-state index in [0.29, 0.717) is 34.6 Å². The quantitative estimate of drug-likeness (QED) is 0.240. The molecular weight excluding hydrogens is 482 g/mol. The Balaban J connectivity index is 1.49. The molecule has 0 saturated carbocycles. The standard InChI is InChI=1S/C30H25N3O5/c34-16-19(35)14-33-15-24(22-11-10-20(12-26(22)33)38-17-18-6-2-1-3-7-18)28-27(29(36)32-30(28)37)23-13-31-25-9-5-4-8-21(23)25/h1-13,15,19,31,34-35H,14,16-17H2,(H,32,36,37). The molecule has 0 bridgehead atoms. The number of fused-ring (bicyclic) bond motifs is 2. The van der Waals surface area contributed by atoms with Crippen molar-refractivity contribution in [1.29, 1.82) is 0 Å². The molecule has 4 N–H and O–H groups in total. The Morgan fingerprint density at radius 2 is 1.61 bits per heavy atom. The van der Waals surface area contributed by atoms with Crippen LogP contribution in [0.15, 0.2) is 85.2 Å². The van der Waals surface area contributed by atoms with Gasteiger partial charge < -0.3 is 24.5 Å². The molecule has 1 aliphatic heterocycles. The Morgan fingerprint density at radius 3 is 2.39 bits per heavy atom. The molecule has 0 aliphatic carbocycles. The Bertz CT molecular complexity index is 1710. The van der Waals surface area contributed by atoms with Crippen molar-refractivity contribution in [3.8, 4) is 5.75 Å². The van der Waals surface area contributed by atoms with Crippen molar-refractivity contribution in [2.45, 2.75) is 19.3 Å². The van der Waals surface area contributed by atoms with E-state index in [2.05, 4.69) is 10.3 Å². The lowest BCUT2D eigenvalue weighted by atomic mass is 9.95. The molecule has 38 heavy (non-hydrogen) atoms. The van der Waals surface area contributed by atoms with Crippen LogP contribution in [0, 0.1) is 0 Å². The van der Waals surface area contributed by atoms with E-state index in [4.69, 9.17) is 4.74 Å². The smallest absolute Gasteiger partial charge is 0.259 e. The van der Waals surface area contributed by atoms with Crippen molar-refractivity contribution in [2.24, 2.45) is 0 Å². The van der Waals surface area contributed by atoms with Gasteiger partial charge in [-0.2, -0.15) is 0 Å². The number of imide groups is 1. The third-order valence-electron chi connectivity index (χ3n) is 6.78. The molecule has 1 aliphatic rings. The second-order valence-electron chi connectivity index (χ2n) is 9.27. The summed E-state index contributed by atoms with van der Waals surface area (Å²) in [6, 6.07) is 22.9. The number of nitrogens with zero attached hydrogens (tertiary/aromatic N) is 1. The van der Waals surface area contributed by atoms with Crippen LogP contribution in [-0.4, -0.2) is 44.3 Å². The fourth-order valence-corrected chi connectivity index (χ4v) is 4.98. The van der Waals surface area contributed by atoms with Gasteiger partial charge in [-0.3, -0.25) is 14.9 Å². The Labute approximate surface area is 217 Å². The molecule has 6 rings (SSSR count). The normalized spacial score (nSPS) is 14.5. The number of carbonyl (C=O) groups is 2. The molecule has 8 nitrogen and oxygen atoms in total. The number of para-hydroxylation sites is 1. The summed E-state index contributed by atoms with van der Waals surface area (Å²) >= 11 is 0. The number of benzene rings is 3. The summed E-state index contributed by atoms with van der Waals surface area (Å²) in [5.74, 6) is -0.334. The van der Waals surface area contributed by atoms with Gasteiger partial charge in [-0.1, -0.05) is 48.5 Å². The van der Waals surface area contributed by atoms with Gasteiger partial charge in [0.15, 0.2) is 0 Å². The van der Waals surface area contributed by atoms with E-state index < -0.39 is 24.5 Å². The summed E-state index contributed by atoms with van der Waals surface area (Å²) in [5, 5.41) is 23.7. The maximum Gasteiger partial charge on any atom is 0.259 e. The van der Waals surface area contributed by atoms with E-state index >= 15 is 0 Å². The average molecular weight is 508 g/mol. The monoisotopic (exact) mass is 507 g/mol. The molecule has 2 amide bonds. The van der Waals surface area contributed by atoms with Crippen molar-refractivity contribution >= 4 is 44.8 Å². The Hall–Kier alpha value is -4.66. The number of amides is 2. The van der Waals surface area contributed by atoms with E-state index in [1.54, 1.807) is 17.0 Å². The maximum absolute atomic E-state index is 13.2. The first-order valence-electron chi connectivity index (χ1n) is 12.3. The number of aliphatic hydroxyl groups is 2. The molecule has 5 aromatic rings. The highest BCUT2D eigenvalue weighted by atomic mass is 16.5. The summed E-state index contributed by atoms with van der Waals surface area (Å²) in [4.78, 5) is 29.4. The zero-order valence-electron chi connectivity index (χ0n) is 20.3. The molecule has 1 unspecified atom stereocenters. The summed E-state index contributed by atoms with van der Waals surface area (Å²) in [6.07, 6.45) is 2.48. The second kappa shape index (κ2) is 9.66. The molecule has 2 aromatic heterocycles. The van der Waals surface area contributed by atoms with Gasteiger partial charge in [0, 0.05) is 45.9 Å². The summed E-state index contributed by atoms with van der Waals surface area (Å²) in [6.45, 7) is 0.0633. The molecule has 0 radical (unpaired) electrons. The number of ether oxygens (including phenoxy) is 1. The summed E-state index contributed by atoms with van der Waals surface area (Å²) in [7, 11) is 0. The van der Waals surface area contributed by atoms with Crippen LogP contribution in [0.5, 0.6) is 5.75 Å². The summed E-state index contributed by atoms with van der Waals surface area (Å²) in [5.41, 5.74) is 4.33. The lowest BCUT2D eigenvalue weighted by molar-refractivity contribution is -0.122. The van der Waals surface area contributed by atoms with Crippen LogP contribution < -0.4 is 10.1 Å². The van der Waals surface area contributed by atoms with Gasteiger partial charge in [-0.05, 0) is 23.8 Å². The first kappa shape index (κ1) is 23.7. The molecule has 1 atom stereocenters. The minimum absolute atomic E-state index is 0.0976. The van der Waals surface area contributed by atoms with Gasteiger partial charge in [-0.15, -0.1) is 0 Å². The maximum atomic E-state index is 13.2. The molecular formula is C30H25N3O5. The van der Waals surface area contributed by atoms with Gasteiger partial charge in [0.1, 0.15) is 12.4 Å². The van der Waals surface area contributed by atoms with Crippen LogP contribution in [0.2, 0.25) is 0 Å². The molecule has 3 aromatic carbocycles.